The first-order valence-corrected chi connectivity index (χ1v) is 4.95. The fourth-order valence-electron chi connectivity index (χ4n) is 1.38. The molecule has 0 aromatic carbocycles. The van der Waals surface area contributed by atoms with Crippen LogP contribution in [0.1, 0.15) is 43.1 Å². The van der Waals surface area contributed by atoms with Gasteiger partial charge in [0.15, 0.2) is 0 Å². The number of hydrogen-bond acceptors (Lipinski definition) is 4. The minimum Gasteiger partial charge on any atom is -0.481 e. The normalized spacial score (nSPS) is 17.4. The van der Waals surface area contributed by atoms with Crippen LogP contribution in [0.2, 0.25) is 0 Å². The molecule has 5 heteroatoms. The van der Waals surface area contributed by atoms with Crippen molar-refractivity contribution in [2.24, 2.45) is 0 Å². The molecule has 3 N–H and O–H groups in total. The monoisotopic (exact) mass is 207 g/mol. The Morgan fingerprint density at radius 3 is 2.80 bits per heavy atom. The average Bonchev–Trinajstić information content (AvgIpc) is 2.98. The van der Waals surface area contributed by atoms with Crippen molar-refractivity contribution in [3.63, 3.8) is 0 Å². The van der Waals surface area contributed by atoms with E-state index < -0.39 is 11.9 Å². The number of carboxylic acids is 1. The van der Waals surface area contributed by atoms with Crippen LogP contribution in [0.25, 0.3) is 0 Å². The van der Waals surface area contributed by atoms with Gasteiger partial charge in [0.2, 0.25) is 0 Å². The number of nitrogens with two attached hydrogens (primary N) is 1. The molecule has 2 rings (SSSR count). The predicted molar refractivity (Wildman–Crippen MR) is 54.5 cm³/mol. The molecule has 15 heavy (non-hydrogen) atoms. The molecule has 0 amide bonds. The topological polar surface area (TPSA) is 89.1 Å². The summed E-state index contributed by atoms with van der Waals surface area (Å²) in [7, 11) is 0. The summed E-state index contributed by atoms with van der Waals surface area (Å²) in [4.78, 5) is 19.2. The molecule has 1 atom stereocenters. The number of aromatic nitrogens is 2. The molecule has 1 aromatic heterocycles. The Kier molecular flexibility index (Phi) is 2.30. The zero-order valence-corrected chi connectivity index (χ0v) is 8.47. The molecule has 1 saturated carbocycles. The summed E-state index contributed by atoms with van der Waals surface area (Å²) < 4.78 is 0. The third-order valence-electron chi connectivity index (χ3n) is 2.54. The third kappa shape index (κ3) is 2.06. The summed E-state index contributed by atoms with van der Waals surface area (Å²) in [6.07, 6.45) is 2.15. The third-order valence-corrected chi connectivity index (χ3v) is 2.54. The molecule has 0 saturated heterocycles. The standard InChI is InChI=1S/C10H13N3O2/c1-5(10(14)15)7-4-8(11)13-9(12-7)6-2-3-6/h4-6H,2-3H2,1H3,(H,14,15)(H2,11,12,13). The van der Waals surface area contributed by atoms with Crippen LogP contribution in [-0.4, -0.2) is 21.0 Å². The lowest BCUT2D eigenvalue weighted by Crippen LogP contribution is -2.12. The summed E-state index contributed by atoms with van der Waals surface area (Å²) in [6, 6.07) is 1.53. The van der Waals surface area contributed by atoms with Crippen LogP contribution in [-0.2, 0) is 4.79 Å². The molecule has 0 radical (unpaired) electrons. The van der Waals surface area contributed by atoms with E-state index in [-0.39, 0.29) is 0 Å². The summed E-state index contributed by atoms with van der Waals surface area (Å²) in [5.41, 5.74) is 6.12. The molecule has 1 fully saturated rings. The fraction of sp³-hybridized carbons (Fsp3) is 0.500. The van der Waals surface area contributed by atoms with E-state index in [1.54, 1.807) is 6.92 Å². The zero-order chi connectivity index (χ0) is 11.0. The minimum atomic E-state index is -0.894. The smallest absolute Gasteiger partial charge is 0.312 e. The summed E-state index contributed by atoms with van der Waals surface area (Å²) in [5.74, 6) is -0.0935. The van der Waals surface area contributed by atoms with Gasteiger partial charge in [0.1, 0.15) is 11.6 Å². The van der Waals surface area contributed by atoms with Crippen LogP contribution < -0.4 is 5.73 Å². The Balaban J connectivity index is 2.34. The average molecular weight is 207 g/mol. The molecular weight excluding hydrogens is 194 g/mol. The van der Waals surface area contributed by atoms with Crippen LogP contribution in [0.3, 0.4) is 0 Å². The lowest BCUT2D eigenvalue weighted by molar-refractivity contribution is -0.138. The van der Waals surface area contributed by atoms with E-state index in [4.69, 9.17) is 10.8 Å². The highest BCUT2D eigenvalue weighted by Crippen LogP contribution is 2.38. The molecule has 0 aliphatic heterocycles. The van der Waals surface area contributed by atoms with Gasteiger partial charge in [-0.1, -0.05) is 0 Å². The van der Waals surface area contributed by atoms with Crippen molar-refractivity contribution in [1.82, 2.24) is 9.97 Å². The van der Waals surface area contributed by atoms with Crippen molar-refractivity contribution in [1.29, 1.82) is 0 Å². The molecule has 1 heterocycles. The van der Waals surface area contributed by atoms with Gasteiger partial charge in [0.05, 0.1) is 11.6 Å². The van der Waals surface area contributed by atoms with E-state index in [0.29, 0.717) is 23.3 Å². The first-order chi connectivity index (χ1) is 7.08. The second-order valence-corrected chi connectivity index (χ2v) is 3.91. The second kappa shape index (κ2) is 3.49. The van der Waals surface area contributed by atoms with Gasteiger partial charge < -0.3 is 10.8 Å². The number of anilines is 1. The Bertz CT molecular complexity index is 402. The SMILES string of the molecule is CC(C(=O)O)c1cc(N)nc(C2CC2)n1. The van der Waals surface area contributed by atoms with Crippen molar-refractivity contribution in [2.75, 3.05) is 5.73 Å². The first-order valence-electron chi connectivity index (χ1n) is 4.95. The number of nitrogens with zero attached hydrogens (tertiary/aromatic N) is 2. The number of nitrogen functional groups attached to an aromatic ring is 1. The highest BCUT2D eigenvalue weighted by molar-refractivity contribution is 5.75. The number of aliphatic carboxylic acids is 1. The number of carbonyl (C=O) groups is 1. The van der Waals surface area contributed by atoms with Gasteiger partial charge in [-0.3, -0.25) is 4.79 Å². The maximum absolute atomic E-state index is 10.8. The van der Waals surface area contributed by atoms with Gasteiger partial charge in [0, 0.05) is 12.0 Å². The van der Waals surface area contributed by atoms with Gasteiger partial charge in [-0.05, 0) is 19.8 Å². The van der Waals surface area contributed by atoms with Crippen molar-refractivity contribution in [2.45, 2.75) is 31.6 Å². The quantitative estimate of drug-likeness (QED) is 0.775. The van der Waals surface area contributed by atoms with Gasteiger partial charge in [0.25, 0.3) is 0 Å². The second-order valence-electron chi connectivity index (χ2n) is 3.91. The lowest BCUT2D eigenvalue weighted by atomic mass is 10.1. The summed E-state index contributed by atoms with van der Waals surface area (Å²) in [6.45, 7) is 1.60. The highest BCUT2D eigenvalue weighted by Gasteiger charge is 2.28. The van der Waals surface area contributed by atoms with E-state index in [1.807, 2.05) is 0 Å². The Morgan fingerprint density at radius 2 is 2.27 bits per heavy atom. The van der Waals surface area contributed by atoms with Crippen LogP contribution in [0, 0.1) is 0 Å². The molecule has 1 aliphatic carbocycles. The van der Waals surface area contributed by atoms with E-state index in [2.05, 4.69) is 9.97 Å². The maximum Gasteiger partial charge on any atom is 0.312 e. The van der Waals surface area contributed by atoms with Crippen molar-refractivity contribution in [3.05, 3.63) is 17.6 Å². The van der Waals surface area contributed by atoms with Crippen molar-refractivity contribution < 1.29 is 9.90 Å². The van der Waals surface area contributed by atoms with Crippen molar-refractivity contribution in [3.8, 4) is 0 Å². The molecule has 5 nitrogen and oxygen atoms in total. The van der Waals surface area contributed by atoms with Crippen LogP contribution in [0.5, 0.6) is 0 Å². The van der Waals surface area contributed by atoms with E-state index >= 15 is 0 Å². The lowest BCUT2D eigenvalue weighted by Gasteiger charge is -2.08. The summed E-state index contributed by atoms with van der Waals surface area (Å²) in [5, 5.41) is 8.87. The molecule has 1 aromatic rings. The Hall–Kier alpha value is -1.65. The largest absolute Gasteiger partial charge is 0.481 e. The van der Waals surface area contributed by atoms with Gasteiger partial charge in [-0.2, -0.15) is 0 Å². The van der Waals surface area contributed by atoms with E-state index in [9.17, 15) is 4.79 Å². The van der Waals surface area contributed by atoms with Gasteiger partial charge in [-0.15, -0.1) is 0 Å². The number of carboxylic acid groups (broad SMARTS) is 1. The van der Waals surface area contributed by atoms with Crippen LogP contribution in [0.15, 0.2) is 6.07 Å². The molecule has 0 bridgehead atoms. The fourth-order valence-corrected chi connectivity index (χ4v) is 1.38. The molecule has 1 aliphatic rings. The Labute approximate surface area is 87.4 Å². The van der Waals surface area contributed by atoms with Crippen molar-refractivity contribution >= 4 is 11.8 Å². The van der Waals surface area contributed by atoms with Crippen LogP contribution >= 0.6 is 0 Å². The Morgan fingerprint density at radius 1 is 1.60 bits per heavy atom. The highest BCUT2D eigenvalue weighted by atomic mass is 16.4. The number of hydrogen-bond donors (Lipinski definition) is 2. The predicted octanol–water partition coefficient (Wildman–Crippen LogP) is 1.12. The maximum atomic E-state index is 10.8. The molecule has 1 unspecified atom stereocenters. The first kappa shape index (κ1) is 9.89. The molecule has 0 spiro atoms. The molecular formula is C10H13N3O2. The number of rotatable bonds is 3. The van der Waals surface area contributed by atoms with E-state index in [0.717, 1.165) is 12.8 Å². The molecule has 80 valence electrons. The van der Waals surface area contributed by atoms with E-state index in [1.165, 1.54) is 6.07 Å². The van der Waals surface area contributed by atoms with Crippen LogP contribution in [0.4, 0.5) is 5.82 Å². The minimum absolute atomic E-state index is 0.356. The summed E-state index contributed by atoms with van der Waals surface area (Å²) >= 11 is 0. The zero-order valence-electron chi connectivity index (χ0n) is 8.47. The van der Waals surface area contributed by atoms with Gasteiger partial charge in [-0.25, -0.2) is 9.97 Å². The van der Waals surface area contributed by atoms with Gasteiger partial charge >= 0.3 is 5.97 Å².